The fraction of sp³-hybridized carbons (Fsp3) is 0.471. The Morgan fingerprint density at radius 1 is 1.04 bits per heavy atom. The summed E-state index contributed by atoms with van der Waals surface area (Å²) in [5.41, 5.74) is 2.25. The molecule has 2 aromatic heterocycles. The number of likely N-dealkylation sites (N-methyl/N-ethyl adjacent to an activating group) is 2. The summed E-state index contributed by atoms with van der Waals surface area (Å²) in [5, 5.41) is 3.29. The quantitative estimate of drug-likeness (QED) is 0.802. The Hall–Kier alpha value is -2.21. The molecule has 0 fully saturated rings. The molecule has 0 aliphatic carbocycles. The predicted molar refractivity (Wildman–Crippen MR) is 95.0 cm³/mol. The number of pyridine rings is 1. The van der Waals surface area contributed by atoms with Crippen LogP contribution in [-0.4, -0.2) is 60.6 Å². The van der Waals surface area contributed by atoms with Crippen molar-refractivity contribution in [3.8, 4) is 0 Å². The lowest BCUT2D eigenvalue weighted by Crippen LogP contribution is -2.24. The fourth-order valence-corrected chi connectivity index (χ4v) is 2.18. The van der Waals surface area contributed by atoms with E-state index in [1.54, 1.807) is 0 Å². The second-order valence-corrected chi connectivity index (χ2v) is 5.95. The van der Waals surface area contributed by atoms with Crippen LogP contribution in [0.3, 0.4) is 0 Å². The van der Waals surface area contributed by atoms with E-state index in [0.717, 1.165) is 37.6 Å². The first-order valence-electron chi connectivity index (χ1n) is 7.89. The van der Waals surface area contributed by atoms with Gasteiger partial charge in [-0.25, -0.2) is 4.98 Å². The van der Waals surface area contributed by atoms with Crippen molar-refractivity contribution in [1.82, 2.24) is 19.9 Å². The first kappa shape index (κ1) is 17.1. The normalized spacial score (nSPS) is 10.8. The zero-order valence-corrected chi connectivity index (χ0v) is 14.5. The van der Waals surface area contributed by atoms with Crippen molar-refractivity contribution in [3.05, 3.63) is 41.9 Å². The smallest absolute Gasteiger partial charge is 0.224 e. The topological polar surface area (TPSA) is 57.2 Å². The van der Waals surface area contributed by atoms with Crippen LogP contribution in [0.15, 0.2) is 30.6 Å². The van der Waals surface area contributed by atoms with E-state index in [1.807, 2.05) is 37.5 Å². The SMILES string of the molecule is Cc1cc(N(C)CCc2ccncc2)nc(NCCN(C)C)n1. The highest BCUT2D eigenvalue weighted by Gasteiger charge is 2.07. The molecule has 2 aromatic rings. The molecule has 6 heteroatoms. The number of nitrogens with zero attached hydrogens (tertiary/aromatic N) is 5. The minimum absolute atomic E-state index is 0.692. The van der Waals surface area contributed by atoms with Gasteiger partial charge in [-0.2, -0.15) is 4.98 Å². The van der Waals surface area contributed by atoms with E-state index in [0.29, 0.717) is 5.95 Å². The lowest BCUT2D eigenvalue weighted by molar-refractivity contribution is 0.425. The van der Waals surface area contributed by atoms with Crippen molar-refractivity contribution in [3.63, 3.8) is 0 Å². The summed E-state index contributed by atoms with van der Waals surface area (Å²) in [6.45, 7) is 4.68. The largest absolute Gasteiger partial charge is 0.359 e. The highest BCUT2D eigenvalue weighted by Crippen LogP contribution is 2.14. The molecular weight excluding hydrogens is 288 g/mol. The summed E-state index contributed by atoms with van der Waals surface area (Å²) < 4.78 is 0. The van der Waals surface area contributed by atoms with E-state index in [9.17, 15) is 0 Å². The van der Waals surface area contributed by atoms with Crippen molar-refractivity contribution >= 4 is 11.8 Å². The molecule has 2 rings (SSSR count). The summed E-state index contributed by atoms with van der Waals surface area (Å²) in [7, 11) is 6.17. The Bertz CT molecular complexity index is 599. The standard InChI is InChI=1S/C17H26N6/c1-14-13-16(21-17(20-14)19-10-12-22(2)3)23(4)11-7-15-5-8-18-9-6-15/h5-6,8-9,13H,7,10-12H2,1-4H3,(H,19,20,21). The van der Waals surface area contributed by atoms with Crippen LogP contribution in [-0.2, 0) is 6.42 Å². The van der Waals surface area contributed by atoms with Gasteiger partial charge in [-0.15, -0.1) is 0 Å². The average Bonchev–Trinajstić information content (AvgIpc) is 2.52. The Balaban J connectivity index is 1.96. The van der Waals surface area contributed by atoms with Crippen LogP contribution < -0.4 is 10.2 Å². The van der Waals surface area contributed by atoms with Crippen molar-refractivity contribution in [2.24, 2.45) is 0 Å². The number of hydrogen-bond acceptors (Lipinski definition) is 6. The average molecular weight is 314 g/mol. The molecule has 0 saturated carbocycles. The number of aromatic nitrogens is 3. The molecule has 23 heavy (non-hydrogen) atoms. The van der Waals surface area contributed by atoms with E-state index in [2.05, 4.69) is 51.2 Å². The molecule has 0 radical (unpaired) electrons. The summed E-state index contributed by atoms with van der Waals surface area (Å²) in [5.74, 6) is 1.64. The first-order chi connectivity index (χ1) is 11.0. The molecule has 1 N–H and O–H groups in total. The second kappa shape index (κ2) is 8.43. The van der Waals surface area contributed by atoms with Crippen molar-refractivity contribution in [1.29, 1.82) is 0 Å². The van der Waals surface area contributed by atoms with Crippen LogP contribution in [0.25, 0.3) is 0 Å². The van der Waals surface area contributed by atoms with Gasteiger partial charge in [0.25, 0.3) is 0 Å². The van der Waals surface area contributed by atoms with Crippen molar-refractivity contribution in [2.75, 3.05) is 51.0 Å². The van der Waals surface area contributed by atoms with Gasteiger partial charge in [0.15, 0.2) is 0 Å². The van der Waals surface area contributed by atoms with E-state index < -0.39 is 0 Å². The minimum Gasteiger partial charge on any atom is -0.359 e. The molecule has 0 bridgehead atoms. The molecule has 2 heterocycles. The van der Waals surface area contributed by atoms with Crippen LogP contribution in [0, 0.1) is 6.92 Å². The van der Waals surface area contributed by atoms with Gasteiger partial charge in [0.2, 0.25) is 5.95 Å². The summed E-state index contributed by atoms with van der Waals surface area (Å²) in [6.07, 6.45) is 4.62. The molecule has 0 unspecified atom stereocenters. The molecular formula is C17H26N6. The molecule has 0 spiro atoms. The summed E-state index contributed by atoms with van der Waals surface area (Å²) in [4.78, 5) is 17.4. The van der Waals surface area contributed by atoms with Crippen LogP contribution in [0.2, 0.25) is 0 Å². The maximum atomic E-state index is 4.62. The third-order valence-electron chi connectivity index (χ3n) is 3.56. The van der Waals surface area contributed by atoms with E-state index in [1.165, 1.54) is 5.56 Å². The molecule has 124 valence electrons. The number of rotatable bonds is 8. The van der Waals surface area contributed by atoms with Gasteiger partial charge >= 0.3 is 0 Å². The molecule has 6 nitrogen and oxygen atoms in total. The third kappa shape index (κ3) is 5.83. The maximum absolute atomic E-state index is 4.62. The molecule has 0 saturated heterocycles. The Labute approximate surface area is 138 Å². The minimum atomic E-state index is 0.692. The molecule has 0 aromatic carbocycles. The lowest BCUT2D eigenvalue weighted by atomic mass is 10.2. The number of hydrogen-bond donors (Lipinski definition) is 1. The predicted octanol–water partition coefficient (Wildman–Crippen LogP) is 1.83. The van der Waals surface area contributed by atoms with Gasteiger partial charge in [0.05, 0.1) is 0 Å². The van der Waals surface area contributed by atoms with Gasteiger partial charge in [-0.3, -0.25) is 4.98 Å². The molecule has 0 atom stereocenters. The third-order valence-corrected chi connectivity index (χ3v) is 3.56. The van der Waals surface area contributed by atoms with E-state index in [-0.39, 0.29) is 0 Å². The summed E-state index contributed by atoms with van der Waals surface area (Å²) in [6, 6.07) is 6.12. The van der Waals surface area contributed by atoms with Crippen LogP contribution in [0.1, 0.15) is 11.3 Å². The van der Waals surface area contributed by atoms with Crippen LogP contribution in [0.5, 0.6) is 0 Å². The van der Waals surface area contributed by atoms with Crippen LogP contribution >= 0.6 is 0 Å². The molecule has 0 aliphatic heterocycles. The maximum Gasteiger partial charge on any atom is 0.224 e. The van der Waals surface area contributed by atoms with Gasteiger partial charge in [-0.1, -0.05) is 0 Å². The Morgan fingerprint density at radius 2 is 1.78 bits per heavy atom. The van der Waals surface area contributed by atoms with Gasteiger partial charge in [0, 0.05) is 50.8 Å². The van der Waals surface area contributed by atoms with Gasteiger partial charge in [0.1, 0.15) is 5.82 Å². The lowest BCUT2D eigenvalue weighted by Gasteiger charge is -2.19. The van der Waals surface area contributed by atoms with E-state index >= 15 is 0 Å². The highest BCUT2D eigenvalue weighted by atomic mass is 15.2. The second-order valence-electron chi connectivity index (χ2n) is 5.95. The zero-order chi connectivity index (χ0) is 16.7. The van der Waals surface area contributed by atoms with Gasteiger partial charge in [-0.05, 0) is 45.1 Å². The first-order valence-corrected chi connectivity index (χ1v) is 7.89. The number of nitrogens with one attached hydrogen (secondary N) is 1. The van der Waals surface area contributed by atoms with Gasteiger partial charge < -0.3 is 15.1 Å². The fourth-order valence-electron chi connectivity index (χ4n) is 2.18. The molecule has 0 amide bonds. The van der Waals surface area contributed by atoms with Crippen LogP contribution in [0.4, 0.5) is 11.8 Å². The Kier molecular flexibility index (Phi) is 6.29. The highest BCUT2D eigenvalue weighted by molar-refractivity contribution is 5.44. The monoisotopic (exact) mass is 314 g/mol. The van der Waals surface area contributed by atoms with E-state index in [4.69, 9.17) is 0 Å². The summed E-state index contributed by atoms with van der Waals surface area (Å²) >= 11 is 0. The number of aryl methyl sites for hydroxylation is 1. The van der Waals surface area contributed by atoms with Crippen molar-refractivity contribution in [2.45, 2.75) is 13.3 Å². The van der Waals surface area contributed by atoms with Crippen molar-refractivity contribution < 1.29 is 0 Å². The molecule has 0 aliphatic rings. The zero-order valence-electron chi connectivity index (χ0n) is 14.5. The Morgan fingerprint density at radius 3 is 2.48 bits per heavy atom. The number of anilines is 2.